The van der Waals surface area contributed by atoms with Gasteiger partial charge in [0, 0.05) is 24.2 Å². The average Bonchev–Trinajstić information content (AvgIpc) is 2.95. The standard InChI is InChI=1S/C13H16N4O3/c14-11(16-20)8-2-1-3-9(6-8)13(19)17-5-4-10(7-17)12(15)18/h1-3,6,10,20H,4-5,7H2,(H2,14,16)(H2,15,18). The second-order valence-electron chi connectivity index (χ2n) is 4.71. The van der Waals surface area contributed by atoms with Gasteiger partial charge in [-0.2, -0.15) is 0 Å². The quantitative estimate of drug-likeness (QED) is 0.304. The number of carbonyl (C=O) groups is 2. The number of hydrogen-bond donors (Lipinski definition) is 3. The number of nitrogens with two attached hydrogens (primary N) is 2. The summed E-state index contributed by atoms with van der Waals surface area (Å²) < 4.78 is 0. The molecule has 0 saturated carbocycles. The lowest BCUT2D eigenvalue weighted by Gasteiger charge is -2.16. The average molecular weight is 276 g/mol. The van der Waals surface area contributed by atoms with Crippen molar-refractivity contribution >= 4 is 17.6 Å². The van der Waals surface area contributed by atoms with E-state index in [9.17, 15) is 9.59 Å². The van der Waals surface area contributed by atoms with Crippen LogP contribution in [0.15, 0.2) is 29.4 Å². The molecule has 106 valence electrons. The molecule has 1 unspecified atom stereocenters. The summed E-state index contributed by atoms with van der Waals surface area (Å²) >= 11 is 0. The first-order chi connectivity index (χ1) is 9.52. The monoisotopic (exact) mass is 276 g/mol. The summed E-state index contributed by atoms with van der Waals surface area (Å²) in [6.07, 6.45) is 0.584. The SMILES string of the molecule is NC(=O)C1CCN(C(=O)c2cccc(/C(N)=N/O)c2)C1. The van der Waals surface area contributed by atoms with Crippen molar-refractivity contribution < 1.29 is 14.8 Å². The van der Waals surface area contributed by atoms with Crippen LogP contribution in [0.1, 0.15) is 22.3 Å². The molecule has 7 heteroatoms. The summed E-state index contributed by atoms with van der Waals surface area (Å²) in [5.41, 5.74) is 11.6. The number of amides is 2. The summed E-state index contributed by atoms with van der Waals surface area (Å²) in [5.74, 6) is -0.922. The van der Waals surface area contributed by atoms with Crippen LogP contribution in [-0.2, 0) is 4.79 Å². The van der Waals surface area contributed by atoms with Crippen molar-refractivity contribution in [1.82, 2.24) is 4.90 Å². The molecule has 1 aromatic rings. The number of oxime groups is 1. The molecule has 1 aliphatic heterocycles. The van der Waals surface area contributed by atoms with Crippen molar-refractivity contribution in [3.05, 3.63) is 35.4 Å². The molecule has 1 atom stereocenters. The number of benzene rings is 1. The third-order valence-corrected chi connectivity index (χ3v) is 3.39. The van der Waals surface area contributed by atoms with Gasteiger partial charge in [-0.05, 0) is 18.6 Å². The van der Waals surface area contributed by atoms with Gasteiger partial charge in [0.2, 0.25) is 5.91 Å². The van der Waals surface area contributed by atoms with E-state index in [4.69, 9.17) is 16.7 Å². The van der Waals surface area contributed by atoms with Gasteiger partial charge in [0.1, 0.15) is 0 Å². The highest BCUT2D eigenvalue weighted by atomic mass is 16.4. The summed E-state index contributed by atoms with van der Waals surface area (Å²) in [6.45, 7) is 0.836. The van der Waals surface area contributed by atoms with E-state index in [0.29, 0.717) is 30.6 Å². The zero-order valence-electron chi connectivity index (χ0n) is 10.8. The maximum Gasteiger partial charge on any atom is 0.253 e. The summed E-state index contributed by atoms with van der Waals surface area (Å²) in [6, 6.07) is 6.49. The Balaban J connectivity index is 2.16. The first-order valence-corrected chi connectivity index (χ1v) is 6.19. The number of amidine groups is 1. The molecule has 2 rings (SSSR count). The van der Waals surface area contributed by atoms with E-state index in [0.717, 1.165) is 0 Å². The predicted molar refractivity (Wildman–Crippen MR) is 72.2 cm³/mol. The molecule has 7 nitrogen and oxygen atoms in total. The van der Waals surface area contributed by atoms with Gasteiger partial charge in [0.25, 0.3) is 5.91 Å². The minimum absolute atomic E-state index is 0.0592. The molecule has 1 saturated heterocycles. The van der Waals surface area contributed by atoms with Gasteiger partial charge >= 0.3 is 0 Å². The van der Waals surface area contributed by atoms with Gasteiger partial charge in [-0.15, -0.1) is 0 Å². The molecule has 20 heavy (non-hydrogen) atoms. The van der Waals surface area contributed by atoms with Crippen LogP contribution in [0.4, 0.5) is 0 Å². The molecule has 2 amide bonds. The van der Waals surface area contributed by atoms with Crippen molar-refractivity contribution in [2.75, 3.05) is 13.1 Å². The Hall–Kier alpha value is -2.57. The lowest BCUT2D eigenvalue weighted by atomic mass is 10.1. The van der Waals surface area contributed by atoms with Crippen LogP contribution in [-0.4, -0.2) is 40.8 Å². The third kappa shape index (κ3) is 2.71. The highest BCUT2D eigenvalue weighted by Gasteiger charge is 2.30. The number of rotatable bonds is 3. The van der Waals surface area contributed by atoms with Gasteiger partial charge in [0.15, 0.2) is 5.84 Å². The highest BCUT2D eigenvalue weighted by molar-refractivity contribution is 6.01. The van der Waals surface area contributed by atoms with Crippen LogP contribution in [0.25, 0.3) is 0 Å². The minimum atomic E-state index is -0.384. The van der Waals surface area contributed by atoms with Crippen LogP contribution in [0.5, 0.6) is 0 Å². The molecule has 1 heterocycles. The fourth-order valence-corrected chi connectivity index (χ4v) is 2.23. The predicted octanol–water partition coefficient (Wildman–Crippen LogP) is -0.271. The molecule has 5 N–H and O–H groups in total. The lowest BCUT2D eigenvalue weighted by molar-refractivity contribution is -0.121. The van der Waals surface area contributed by atoms with Crippen LogP contribution in [0.3, 0.4) is 0 Å². The Morgan fingerprint density at radius 3 is 2.60 bits per heavy atom. The smallest absolute Gasteiger partial charge is 0.253 e. The van der Waals surface area contributed by atoms with E-state index in [2.05, 4.69) is 5.16 Å². The minimum Gasteiger partial charge on any atom is -0.409 e. The molecule has 0 bridgehead atoms. The van der Waals surface area contributed by atoms with Crippen LogP contribution >= 0.6 is 0 Å². The van der Waals surface area contributed by atoms with Gasteiger partial charge < -0.3 is 21.6 Å². The molecule has 0 spiro atoms. The van der Waals surface area contributed by atoms with Crippen molar-refractivity contribution in [2.24, 2.45) is 22.5 Å². The summed E-state index contributed by atoms with van der Waals surface area (Å²) in [5, 5.41) is 11.5. The van der Waals surface area contributed by atoms with E-state index in [-0.39, 0.29) is 23.6 Å². The second-order valence-corrected chi connectivity index (χ2v) is 4.71. The molecule has 0 aliphatic carbocycles. The molecule has 1 fully saturated rings. The van der Waals surface area contributed by atoms with E-state index in [1.807, 2.05) is 0 Å². The molecule has 0 aromatic heterocycles. The van der Waals surface area contributed by atoms with Crippen LogP contribution in [0, 0.1) is 5.92 Å². The molecule has 0 radical (unpaired) electrons. The Kier molecular flexibility index (Phi) is 3.88. The summed E-state index contributed by atoms with van der Waals surface area (Å²) in [7, 11) is 0. The Labute approximate surface area is 115 Å². The Morgan fingerprint density at radius 1 is 1.30 bits per heavy atom. The third-order valence-electron chi connectivity index (χ3n) is 3.39. The van der Waals surface area contributed by atoms with Gasteiger partial charge in [-0.3, -0.25) is 9.59 Å². The normalized spacial score (nSPS) is 19.1. The van der Waals surface area contributed by atoms with Crippen molar-refractivity contribution in [2.45, 2.75) is 6.42 Å². The van der Waals surface area contributed by atoms with E-state index < -0.39 is 0 Å². The van der Waals surface area contributed by atoms with Gasteiger partial charge in [-0.1, -0.05) is 17.3 Å². The summed E-state index contributed by atoms with van der Waals surface area (Å²) in [4.78, 5) is 25.0. The highest BCUT2D eigenvalue weighted by Crippen LogP contribution is 2.18. The fourth-order valence-electron chi connectivity index (χ4n) is 2.23. The Morgan fingerprint density at radius 2 is 2.00 bits per heavy atom. The van der Waals surface area contributed by atoms with Crippen LogP contribution in [0.2, 0.25) is 0 Å². The number of nitrogens with zero attached hydrogens (tertiary/aromatic N) is 2. The lowest BCUT2D eigenvalue weighted by Crippen LogP contribution is -2.31. The molecule has 1 aromatic carbocycles. The number of primary amides is 1. The molecule has 1 aliphatic rings. The van der Waals surface area contributed by atoms with E-state index >= 15 is 0 Å². The fraction of sp³-hybridized carbons (Fsp3) is 0.308. The van der Waals surface area contributed by atoms with E-state index in [1.165, 1.54) is 0 Å². The molecular weight excluding hydrogens is 260 g/mol. The number of carbonyl (C=O) groups excluding carboxylic acids is 2. The first-order valence-electron chi connectivity index (χ1n) is 6.19. The van der Waals surface area contributed by atoms with Crippen molar-refractivity contribution in [3.8, 4) is 0 Å². The topological polar surface area (TPSA) is 122 Å². The zero-order chi connectivity index (χ0) is 14.7. The Bertz CT molecular complexity index is 570. The largest absolute Gasteiger partial charge is 0.409 e. The molecular formula is C13H16N4O3. The zero-order valence-corrected chi connectivity index (χ0v) is 10.8. The number of hydrogen-bond acceptors (Lipinski definition) is 4. The second kappa shape index (κ2) is 5.60. The first kappa shape index (κ1) is 13.9. The van der Waals surface area contributed by atoms with Crippen molar-refractivity contribution in [3.63, 3.8) is 0 Å². The van der Waals surface area contributed by atoms with E-state index in [1.54, 1.807) is 29.2 Å². The maximum atomic E-state index is 12.3. The van der Waals surface area contributed by atoms with Crippen molar-refractivity contribution in [1.29, 1.82) is 0 Å². The maximum absolute atomic E-state index is 12.3. The van der Waals surface area contributed by atoms with Gasteiger partial charge in [0.05, 0.1) is 5.92 Å². The van der Waals surface area contributed by atoms with Gasteiger partial charge in [-0.25, -0.2) is 0 Å². The van der Waals surface area contributed by atoms with Crippen LogP contribution < -0.4 is 11.5 Å². The number of likely N-dealkylation sites (tertiary alicyclic amines) is 1.